The van der Waals surface area contributed by atoms with Crippen LogP contribution < -0.4 is 10.6 Å². The molecule has 226 valence electrons. The summed E-state index contributed by atoms with van der Waals surface area (Å²) in [5, 5.41) is 5.91. The van der Waals surface area contributed by atoms with Crippen molar-refractivity contribution >= 4 is 23.6 Å². The Kier molecular flexibility index (Phi) is 13.4. The maximum Gasteiger partial charge on any atom is 0.408 e. The van der Waals surface area contributed by atoms with Gasteiger partial charge in [0.05, 0.1) is 0 Å². The molecule has 2 rings (SSSR count). The highest BCUT2D eigenvalue weighted by atomic mass is 16.6. The largest absolute Gasteiger partial charge is 0.444 e. The van der Waals surface area contributed by atoms with Gasteiger partial charge in [0.25, 0.3) is 5.91 Å². The summed E-state index contributed by atoms with van der Waals surface area (Å²) in [6, 6.07) is 13.6. The van der Waals surface area contributed by atoms with Gasteiger partial charge in [0, 0.05) is 12.2 Å². The second kappa shape index (κ2) is 16.2. The van der Waals surface area contributed by atoms with Gasteiger partial charge < -0.3 is 20.3 Å². The number of carbonyl (C=O) groups is 3. The number of nitrogens with one attached hydrogen (secondary N) is 2. The molecule has 7 nitrogen and oxygen atoms in total. The Balaban J connectivity index is 2.53. The molecule has 2 atom stereocenters. The van der Waals surface area contributed by atoms with Crippen LogP contribution >= 0.6 is 0 Å². The van der Waals surface area contributed by atoms with E-state index in [9.17, 15) is 14.4 Å². The molecule has 0 fully saturated rings. The van der Waals surface area contributed by atoms with Crippen LogP contribution in [-0.2, 0) is 14.3 Å². The number of carbonyl (C=O) groups excluding carboxylic acids is 3. The van der Waals surface area contributed by atoms with Crippen LogP contribution in [0.1, 0.15) is 103 Å². The van der Waals surface area contributed by atoms with E-state index in [4.69, 9.17) is 4.74 Å². The van der Waals surface area contributed by atoms with E-state index in [1.807, 2.05) is 76.2 Å². The molecule has 0 saturated heterocycles. The third kappa shape index (κ3) is 11.6. The maximum atomic E-state index is 14.4. The summed E-state index contributed by atoms with van der Waals surface area (Å²) in [5.41, 5.74) is 2.67. The van der Waals surface area contributed by atoms with Crippen molar-refractivity contribution < 1.29 is 19.1 Å². The molecule has 0 aliphatic rings. The van der Waals surface area contributed by atoms with Crippen LogP contribution in [0.4, 0.5) is 10.5 Å². The summed E-state index contributed by atoms with van der Waals surface area (Å²) in [6.07, 6.45) is 4.79. The number of aryl methyl sites for hydroxylation is 2. The molecule has 2 aromatic carbocycles. The molecule has 0 radical (unpaired) electrons. The van der Waals surface area contributed by atoms with Crippen molar-refractivity contribution in [2.45, 2.75) is 112 Å². The number of anilines is 1. The molecule has 0 aromatic heterocycles. The van der Waals surface area contributed by atoms with E-state index < -0.39 is 23.8 Å². The van der Waals surface area contributed by atoms with Gasteiger partial charge in [-0.25, -0.2) is 4.79 Å². The molecule has 0 saturated carbocycles. The highest BCUT2D eigenvalue weighted by molar-refractivity contribution is 5.99. The van der Waals surface area contributed by atoms with E-state index in [0.29, 0.717) is 18.7 Å². The third-order valence-electron chi connectivity index (χ3n) is 6.80. The first kappa shape index (κ1) is 33.9. The monoisotopic (exact) mass is 565 g/mol. The predicted octanol–water partition coefficient (Wildman–Crippen LogP) is 7.72. The van der Waals surface area contributed by atoms with Gasteiger partial charge in [0.2, 0.25) is 5.91 Å². The molecule has 0 bridgehead atoms. The molecular weight excluding hydrogens is 514 g/mol. The fourth-order valence-corrected chi connectivity index (χ4v) is 4.82. The number of hydrogen-bond acceptors (Lipinski definition) is 4. The van der Waals surface area contributed by atoms with Gasteiger partial charge in [0.15, 0.2) is 0 Å². The summed E-state index contributed by atoms with van der Waals surface area (Å²) in [4.78, 5) is 43.0. The topological polar surface area (TPSA) is 87.7 Å². The van der Waals surface area contributed by atoms with Gasteiger partial charge in [0.1, 0.15) is 17.7 Å². The number of para-hydroxylation sites is 1. The minimum atomic E-state index is -0.872. The molecule has 2 aromatic rings. The Hall–Kier alpha value is -3.35. The van der Waals surface area contributed by atoms with Gasteiger partial charge in [-0.1, -0.05) is 94.5 Å². The van der Waals surface area contributed by atoms with Gasteiger partial charge in [-0.15, -0.1) is 0 Å². The van der Waals surface area contributed by atoms with Crippen LogP contribution in [-0.4, -0.2) is 41.0 Å². The molecule has 41 heavy (non-hydrogen) atoms. The first-order chi connectivity index (χ1) is 19.3. The maximum absolute atomic E-state index is 14.4. The molecule has 3 amide bonds. The number of rotatable bonds is 14. The molecule has 2 N–H and O–H groups in total. The first-order valence-electron chi connectivity index (χ1n) is 15.1. The van der Waals surface area contributed by atoms with Crippen LogP contribution in [0.2, 0.25) is 0 Å². The van der Waals surface area contributed by atoms with Gasteiger partial charge in [-0.05, 0) is 70.6 Å². The average Bonchev–Trinajstić information content (AvgIpc) is 2.87. The fourth-order valence-electron chi connectivity index (χ4n) is 4.82. The summed E-state index contributed by atoms with van der Waals surface area (Å²) >= 11 is 0. The zero-order chi connectivity index (χ0) is 30.6. The van der Waals surface area contributed by atoms with E-state index in [1.165, 1.54) is 0 Å². The lowest BCUT2D eigenvalue weighted by atomic mass is 9.97. The van der Waals surface area contributed by atoms with Gasteiger partial charge in [-0.3, -0.25) is 9.59 Å². The van der Waals surface area contributed by atoms with E-state index in [-0.39, 0.29) is 17.7 Å². The van der Waals surface area contributed by atoms with Crippen molar-refractivity contribution in [3.8, 4) is 0 Å². The molecule has 0 heterocycles. The van der Waals surface area contributed by atoms with Crippen LogP contribution in [0.3, 0.4) is 0 Å². The fraction of sp³-hybridized carbons (Fsp3) is 0.559. The normalized spacial score (nSPS) is 12.9. The number of ether oxygens (including phenoxy) is 1. The first-order valence-corrected chi connectivity index (χ1v) is 15.1. The van der Waals surface area contributed by atoms with Crippen LogP contribution in [0.25, 0.3) is 0 Å². The zero-order valence-electron chi connectivity index (χ0n) is 26.4. The summed E-state index contributed by atoms with van der Waals surface area (Å²) < 4.78 is 5.51. The molecule has 0 aliphatic carbocycles. The highest BCUT2D eigenvalue weighted by Gasteiger charge is 2.36. The van der Waals surface area contributed by atoms with E-state index >= 15 is 0 Å². The Morgan fingerprint density at radius 3 is 2.22 bits per heavy atom. The summed E-state index contributed by atoms with van der Waals surface area (Å²) in [6.45, 7) is 15.9. The second-order valence-electron chi connectivity index (χ2n) is 12.4. The number of benzene rings is 2. The number of hydrogen-bond donors (Lipinski definition) is 2. The Labute approximate surface area is 247 Å². The molecular formula is C34H51N3O4. The van der Waals surface area contributed by atoms with E-state index in [2.05, 4.69) is 17.6 Å². The van der Waals surface area contributed by atoms with Crippen LogP contribution in [0, 0.1) is 19.8 Å². The molecule has 2 unspecified atom stereocenters. The lowest BCUT2D eigenvalue weighted by molar-refractivity contribution is -0.141. The lowest BCUT2D eigenvalue weighted by Crippen LogP contribution is -2.53. The lowest BCUT2D eigenvalue weighted by Gasteiger charge is -2.35. The second-order valence-corrected chi connectivity index (χ2v) is 12.4. The number of nitrogens with zero attached hydrogens (tertiary/aromatic N) is 1. The van der Waals surface area contributed by atoms with Crippen molar-refractivity contribution in [1.82, 2.24) is 10.2 Å². The summed E-state index contributed by atoms with van der Waals surface area (Å²) in [7, 11) is 0. The van der Waals surface area contributed by atoms with Crippen molar-refractivity contribution in [3.63, 3.8) is 0 Å². The smallest absolute Gasteiger partial charge is 0.408 e. The Morgan fingerprint density at radius 1 is 0.927 bits per heavy atom. The molecule has 0 spiro atoms. The standard InChI is InChI=1S/C34H51N3O4/c1-9-10-11-12-15-21-37(32(39)29(22-24(2)3)36-33(40)41-34(6,7)8)30(27-19-16-17-25(4)23-27)31(38)35-28-20-14-13-18-26(28)5/h13-14,16-20,23-24,29-30H,9-12,15,21-22H2,1-8H3,(H,35,38)(H,36,40). The quantitative estimate of drug-likeness (QED) is 0.230. The SMILES string of the molecule is CCCCCCCN(C(=O)C(CC(C)C)NC(=O)OC(C)(C)C)C(C(=O)Nc1ccccc1C)c1cccc(C)c1. The van der Waals surface area contributed by atoms with Crippen molar-refractivity contribution in [2.24, 2.45) is 5.92 Å². The highest BCUT2D eigenvalue weighted by Crippen LogP contribution is 2.27. The number of alkyl carbamates (subject to hydrolysis) is 1. The average molecular weight is 566 g/mol. The van der Waals surface area contributed by atoms with E-state index in [1.54, 1.807) is 25.7 Å². The molecule has 0 aliphatic heterocycles. The zero-order valence-corrected chi connectivity index (χ0v) is 26.4. The predicted molar refractivity (Wildman–Crippen MR) is 167 cm³/mol. The minimum Gasteiger partial charge on any atom is -0.444 e. The Morgan fingerprint density at radius 2 is 1.61 bits per heavy atom. The van der Waals surface area contributed by atoms with E-state index in [0.717, 1.165) is 48.8 Å². The van der Waals surface area contributed by atoms with Crippen molar-refractivity contribution in [2.75, 3.05) is 11.9 Å². The van der Waals surface area contributed by atoms with Gasteiger partial charge >= 0.3 is 6.09 Å². The Bertz CT molecular complexity index is 1140. The minimum absolute atomic E-state index is 0.128. The van der Waals surface area contributed by atoms with Crippen molar-refractivity contribution in [3.05, 3.63) is 65.2 Å². The van der Waals surface area contributed by atoms with Gasteiger partial charge in [-0.2, -0.15) is 0 Å². The summed E-state index contributed by atoms with van der Waals surface area (Å²) in [5.74, 6) is -0.442. The third-order valence-corrected chi connectivity index (χ3v) is 6.80. The number of amides is 3. The van der Waals surface area contributed by atoms with Crippen LogP contribution in [0.15, 0.2) is 48.5 Å². The number of unbranched alkanes of at least 4 members (excludes halogenated alkanes) is 4. The van der Waals surface area contributed by atoms with Crippen molar-refractivity contribution in [1.29, 1.82) is 0 Å². The van der Waals surface area contributed by atoms with Crippen LogP contribution in [0.5, 0.6) is 0 Å². The molecule has 7 heteroatoms.